The molecule has 6 heteroatoms. The zero-order valence-corrected chi connectivity index (χ0v) is 13.1. The lowest BCUT2D eigenvalue weighted by Crippen LogP contribution is -2.21. The van der Waals surface area contributed by atoms with E-state index in [9.17, 15) is 0 Å². The Balaban J connectivity index is 1.84. The SMILES string of the molecule is Cc1nc(-c2c[nH]c3cc(Cl)ccc23)n(C2CCOCC2)n1. The van der Waals surface area contributed by atoms with Gasteiger partial charge in [-0.25, -0.2) is 9.67 Å². The summed E-state index contributed by atoms with van der Waals surface area (Å²) in [6.07, 6.45) is 3.94. The molecular weight excluding hydrogens is 300 g/mol. The summed E-state index contributed by atoms with van der Waals surface area (Å²) in [7, 11) is 0. The Morgan fingerprint density at radius 2 is 2.14 bits per heavy atom. The van der Waals surface area contributed by atoms with Crippen LogP contribution in [0.3, 0.4) is 0 Å². The lowest BCUT2D eigenvalue weighted by Gasteiger charge is -2.23. The van der Waals surface area contributed by atoms with Gasteiger partial charge in [-0.15, -0.1) is 0 Å². The summed E-state index contributed by atoms with van der Waals surface area (Å²) in [5, 5.41) is 6.47. The van der Waals surface area contributed by atoms with E-state index in [4.69, 9.17) is 16.3 Å². The summed E-state index contributed by atoms with van der Waals surface area (Å²) in [5.41, 5.74) is 2.08. The molecule has 1 aliphatic rings. The average molecular weight is 317 g/mol. The van der Waals surface area contributed by atoms with E-state index in [1.165, 1.54) is 0 Å². The topological polar surface area (TPSA) is 55.7 Å². The number of ether oxygens (including phenoxy) is 1. The fraction of sp³-hybridized carbons (Fsp3) is 0.375. The van der Waals surface area contributed by atoms with Crippen LogP contribution in [-0.4, -0.2) is 33.0 Å². The quantitative estimate of drug-likeness (QED) is 0.783. The minimum absolute atomic E-state index is 0.349. The van der Waals surface area contributed by atoms with Crippen LogP contribution in [0.5, 0.6) is 0 Å². The van der Waals surface area contributed by atoms with E-state index in [0.717, 1.165) is 59.2 Å². The first-order valence-electron chi connectivity index (χ1n) is 7.50. The van der Waals surface area contributed by atoms with Crippen LogP contribution in [0.4, 0.5) is 0 Å². The van der Waals surface area contributed by atoms with Crippen molar-refractivity contribution in [2.24, 2.45) is 0 Å². The maximum absolute atomic E-state index is 6.06. The third-order valence-electron chi connectivity index (χ3n) is 4.16. The van der Waals surface area contributed by atoms with Gasteiger partial charge in [0.05, 0.1) is 6.04 Å². The number of aromatic amines is 1. The molecule has 0 unspecified atom stereocenters. The smallest absolute Gasteiger partial charge is 0.160 e. The number of aromatic nitrogens is 4. The van der Waals surface area contributed by atoms with Crippen LogP contribution in [0.15, 0.2) is 24.4 Å². The summed E-state index contributed by atoms with van der Waals surface area (Å²) in [6.45, 7) is 3.50. The molecular formula is C16H17ClN4O. The lowest BCUT2D eigenvalue weighted by atomic mass is 10.1. The minimum Gasteiger partial charge on any atom is -0.381 e. The van der Waals surface area contributed by atoms with Crippen molar-refractivity contribution in [2.75, 3.05) is 13.2 Å². The second kappa shape index (κ2) is 5.41. The fourth-order valence-electron chi connectivity index (χ4n) is 3.08. The first-order chi connectivity index (χ1) is 10.7. The molecule has 22 heavy (non-hydrogen) atoms. The normalized spacial score (nSPS) is 16.5. The number of hydrogen-bond donors (Lipinski definition) is 1. The number of benzene rings is 1. The van der Waals surface area contributed by atoms with Crippen LogP contribution in [0.2, 0.25) is 5.02 Å². The molecule has 1 N–H and O–H groups in total. The van der Waals surface area contributed by atoms with Crippen LogP contribution in [0.1, 0.15) is 24.7 Å². The van der Waals surface area contributed by atoms with Crippen molar-refractivity contribution in [3.63, 3.8) is 0 Å². The molecule has 1 fully saturated rings. The van der Waals surface area contributed by atoms with E-state index in [1.807, 2.05) is 31.3 Å². The van der Waals surface area contributed by atoms with Crippen molar-refractivity contribution in [1.82, 2.24) is 19.7 Å². The van der Waals surface area contributed by atoms with Gasteiger partial charge in [0, 0.05) is 40.9 Å². The van der Waals surface area contributed by atoms with E-state index >= 15 is 0 Å². The number of nitrogens with zero attached hydrogens (tertiary/aromatic N) is 3. The second-order valence-corrected chi connectivity index (χ2v) is 6.10. The van der Waals surface area contributed by atoms with Crippen LogP contribution in [-0.2, 0) is 4.74 Å². The first-order valence-corrected chi connectivity index (χ1v) is 7.88. The maximum atomic E-state index is 6.06. The number of hydrogen-bond acceptors (Lipinski definition) is 3. The van der Waals surface area contributed by atoms with Crippen LogP contribution < -0.4 is 0 Å². The minimum atomic E-state index is 0.349. The molecule has 1 aromatic carbocycles. The first kappa shape index (κ1) is 13.8. The molecule has 0 atom stereocenters. The van der Waals surface area contributed by atoms with E-state index in [2.05, 4.69) is 19.7 Å². The Morgan fingerprint density at radius 3 is 2.95 bits per heavy atom. The summed E-state index contributed by atoms with van der Waals surface area (Å²) in [6, 6.07) is 6.22. The van der Waals surface area contributed by atoms with Gasteiger partial charge in [0.25, 0.3) is 0 Å². The number of aryl methyl sites for hydroxylation is 1. The third kappa shape index (κ3) is 2.30. The summed E-state index contributed by atoms with van der Waals surface area (Å²) >= 11 is 6.06. The van der Waals surface area contributed by atoms with Gasteiger partial charge in [0.15, 0.2) is 5.82 Å². The molecule has 0 aliphatic carbocycles. The lowest BCUT2D eigenvalue weighted by molar-refractivity contribution is 0.0666. The zero-order valence-electron chi connectivity index (χ0n) is 12.3. The van der Waals surface area contributed by atoms with Crippen molar-refractivity contribution < 1.29 is 4.74 Å². The standard InChI is InChI=1S/C16H17ClN4O/c1-10-19-16(21(20-10)12-4-6-22-7-5-12)14-9-18-15-8-11(17)2-3-13(14)15/h2-3,8-9,12,18H,4-7H2,1H3. The van der Waals surface area contributed by atoms with Crippen LogP contribution in [0, 0.1) is 6.92 Å². The molecule has 3 heterocycles. The second-order valence-electron chi connectivity index (χ2n) is 5.66. The molecule has 114 valence electrons. The number of rotatable bonds is 2. The highest BCUT2D eigenvalue weighted by Crippen LogP contribution is 2.32. The molecule has 0 radical (unpaired) electrons. The Hall–Kier alpha value is -1.85. The Labute approximate surface area is 133 Å². The van der Waals surface area contributed by atoms with Gasteiger partial charge in [-0.3, -0.25) is 0 Å². The van der Waals surface area contributed by atoms with Gasteiger partial charge in [-0.2, -0.15) is 5.10 Å². The van der Waals surface area contributed by atoms with Crippen molar-refractivity contribution >= 4 is 22.5 Å². The molecule has 2 aromatic heterocycles. The predicted molar refractivity (Wildman–Crippen MR) is 86.2 cm³/mol. The largest absolute Gasteiger partial charge is 0.381 e. The number of halogens is 1. The average Bonchev–Trinajstić information content (AvgIpc) is 3.11. The van der Waals surface area contributed by atoms with Crippen molar-refractivity contribution in [3.05, 3.63) is 35.2 Å². The Kier molecular flexibility index (Phi) is 3.39. The van der Waals surface area contributed by atoms with Crippen molar-refractivity contribution in [1.29, 1.82) is 0 Å². The molecule has 1 saturated heterocycles. The van der Waals surface area contributed by atoms with Gasteiger partial charge < -0.3 is 9.72 Å². The molecule has 0 saturated carbocycles. The van der Waals surface area contributed by atoms with E-state index in [-0.39, 0.29) is 0 Å². The summed E-state index contributed by atoms with van der Waals surface area (Å²) in [4.78, 5) is 7.94. The van der Waals surface area contributed by atoms with Gasteiger partial charge in [0.1, 0.15) is 5.82 Å². The monoisotopic (exact) mass is 316 g/mol. The van der Waals surface area contributed by atoms with E-state index in [0.29, 0.717) is 6.04 Å². The highest BCUT2D eigenvalue weighted by molar-refractivity contribution is 6.31. The third-order valence-corrected chi connectivity index (χ3v) is 4.39. The summed E-state index contributed by atoms with van der Waals surface area (Å²) < 4.78 is 7.52. The molecule has 4 rings (SSSR count). The predicted octanol–water partition coefficient (Wildman–Crippen LogP) is 3.74. The highest BCUT2D eigenvalue weighted by atomic mass is 35.5. The van der Waals surface area contributed by atoms with Crippen LogP contribution in [0.25, 0.3) is 22.3 Å². The number of H-pyrrole nitrogens is 1. The molecule has 1 aliphatic heterocycles. The molecule has 0 bridgehead atoms. The van der Waals surface area contributed by atoms with Gasteiger partial charge in [-0.05, 0) is 31.9 Å². The van der Waals surface area contributed by atoms with Crippen molar-refractivity contribution in [2.45, 2.75) is 25.8 Å². The fourth-order valence-corrected chi connectivity index (χ4v) is 3.25. The van der Waals surface area contributed by atoms with Gasteiger partial charge in [0.2, 0.25) is 0 Å². The van der Waals surface area contributed by atoms with Gasteiger partial charge >= 0.3 is 0 Å². The highest BCUT2D eigenvalue weighted by Gasteiger charge is 2.22. The van der Waals surface area contributed by atoms with Gasteiger partial charge in [-0.1, -0.05) is 17.7 Å². The molecule has 0 amide bonds. The van der Waals surface area contributed by atoms with E-state index in [1.54, 1.807) is 0 Å². The number of fused-ring (bicyclic) bond motifs is 1. The number of nitrogens with one attached hydrogen (secondary N) is 1. The summed E-state index contributed by atoms with van der Waals surface area (Å²) in [5.74, 6) is 1.71. The zero-order chi connectivity index (χ0) is 15.1. The molecule has 0 spiro atoms. The molecule has 5 nitrogen and oxygen atoms in total. The Morgan fingerprint density at radius 1 is 1.32 bits per heavy atom. The van der Waals surface area contributed by atoms with E-state index < -0.39 is 0 Å². The Bertz CT molecular complexity index is 817. The maximum Gasteiger partial charge on any atom is 0.160 e. The molecule has 3 aromatic rings. The van der Waals surface area contributed by atoms with Crippen molar-refractivity contribution in [3.8, 4) is 11.4 Å². The van der Waals surface area contributed by atoms with Crippen LogP contribution >= 0.6 is 11.6 Å².